The van der Waals surface area contributed by atoms with Crippen LogP contribution in [-0.2, 0) is 9.53 Å². The van der Waals surface area contributed by atoms with Crippen molar-refractivity contribution in [2.45, 2.75) is 13.3 Å². The number of carbonyl (C=O) groups is 1. The van der Waals surface area contributed by atoms with Crippen LogP contribution in [0.1, 0.15) is 13.3 Å². The molecule has 0 aromatic heterocycles. The third-order valence-corrected chi connectivity index (χ3v) is 0.862. The van der Waals surface area contributed by atoms with Crippen molar-refractivity contribution in [2.75, 3.05) is 13.2 Å². The van der Waals surface area contributed by atoms with Crippen molar-refractivity contribution in [1.82, 2.24) is 0 Å². The minimum absolute atomic E-state index is 0.0284. The van der Waals surface area contributed by atoms with E-state index >= 15 is 0 Å². The summed E-state index contributed by atoms with van der Waals surface area (Å²) in [6, 6.07) is 0. The van der Waals surface area contributed by atoms with Gasteiger partial charge >= 0.3 is 5.97 Å². The molecule has 0 aromatic carbocycles. The summed E-state index contributed by atoms with van der Waals surface area (Å²) in [6.07, 6.45) is 3.34. The average Bonchev–Trinajstić information content (AvgIpc) is 1.89. The Morgan fingerprint density at radius 1 is 1.60 bits per heavy atom. The van der Waals surface area contributed by atoms with Crippen LogP contribution in [0.15, 0.2) is 12.2 Å². The van der Waals surface area contributed by atoms with Gasteiger partial charge in [0, 0.05) is 0 Å². The van der Waals surface area contributed by atoms with Gasteiger partial charge < -0.3 is 9.84 Å². The van der Waals surface area contributed by atoms with Crippen molar-refractivity contribution in [1.29, 1.82) is 0 Å². The van der Waals surface area contributed by atoms with Crippen LogP contribution in [0.25, 0.3) is 0 Å². The van der Waals surface area contributed by atoms with Crippen LogP contribution in [0.2, 0.25) is 0 Å². The van der Waals surface area contributed by atoms with Crippen LogP contribution in [0.4, 0.5) is 0 Å². The van der Waals surface area contributed by atoms with Crippen LogP contribution < -0.4 is 0 Å². The van der Waals surface area contributed by atoms with E-state index in [0.29, 0.717) is 6.61 Å². The SMILES string of the molecule is CCOC(=O)CC=CCO. The van der Waals surface area contributed by atoms with E-state index in [-0.39, 0.29) is 19.0 Å². The zero-order chi connectivity index (χ0) is 7.82. The molecule has 0 aliphatic rings. The molecule has 0 aromatic rings. The highest BCUT2D eigenvalue weighted by Gasteiger charge is 1.94. The van der Waals surface area contributed by atoms with Crippen molar-refractivity contribution in [3.05, 3.63) is 12.2 Å². The molecule has 0 atom stereocenters. The number of esters is 1. The van der Waals surface area contributed by atoms with Gasteiger partial charge in [0.05, 0.1) is 19.6 Å². The molecule has 58 valence electrons. The molecule has 0 saturated heterocycles. The highest BCUT2D eigenvalue weighted by Crippen LogP contribution is 1.87. The van der Waals surface area contributed by atoms with Crippen LogP contribution in [0.5, 0.6) is 0 Å². The summed E-state index contributed by atoms with van der Waals surface area (Å²) in [7, 11) is 0. The van der Waals surface area contributed by atoms with Gasteiger partial charge in [-0.3, -0.25) is 4.79 Å². The summed E-state index contributed by atoms with van der Waals surface area (Å²) in [5, 5.41) is 8.27. The molecule has 0 amide bonds. The van der Waals surface area contributed by atoms with Gasteiger partial charge in [0.25, 0.3) is 0 Å². The Balaban J connectivity index is 3.30. The first-order chi connectivity index (χ1) is 4.81. The maximum Gasteiger partial charge on any atom is 0.309 e. The fourth-order valence-electron chi connectivity index (χ4n) is 0.474. The van der Waals surface area contributed by atoms with Gasteiger partial charge in [0.15, 0.2) is 0 Å². The van der Waals surface area contributed by atoms with E-state index in [0.717, 1.165) is 0 Å². The molecule has 0 aliphatic carbocycles. The van der Waals surface area contributed by atoms with E-state index in [1.165, 1.54) is 6.08 Å². The first-order valence-corrected chi connectivity index (χ1v) is 3.22. The number of ether oxygens (including phenoxy) is 1. The van der Waals surface area contributed by atoms with Gasteiger partial charge in [-0.05, 0) is 6.92 Å². The third kappa shape index (κ3) is 5.31. The average molecular weight is 144 g/mol. The van der Waals surface area contributed by atoms with E-state index in [1.54, 1.807) is 13.0 Å². The van der Waals surface area contributed by atoms with Crippen LogP contribution >= 0.6 is 0 Å². The van der Waals surface area contributed by atoms with Crippen molar-refractivity contribution >= 4 is 5.97 Å². The lowest BCUT2D eigenvalue weighted by atomic mass is 10.4. The third-order valence-electron chi connectivity index (χ3n) is 0.862. The van der Waals surface area contributed by atoms with Crippen molar-refractivity contribution in [2.24, 2.45) is 0 Å². The summed E-state index contributed by atoms with van der Waals surface area (Å²) < 4.78 is 4.62. The smallest absolute Gasteiger partial charge is 0.309 e. The Hall–Kier alpha value is -0.830. The Kier molecular flexibility index (Phi) is 5.77. The first-order valence-electron chi connectivity index (χ1n) is 3.22. The van der Waals surface area contributed by atoms with E-state index in [1.807, 2.05) is 0 Å². The lowest BCUT2D eigenvalue weighted by Gasteiger charge is -1.95. The molecule has 3 nitrogen and oxygen atoms in total. The normalized spacial score (nSPS) is 10.2. The van der Waals surface area contributed by atoms with Crippen LogP contribution in [0, 0.1) is 0 Å². The minimum Gasteiger partial charge on any atom is -0.466 e. The maximum absolute atomic E-state index is 10.6. The lowest BCUT2D eigenvalue weighted by Crippen LogP contribution is -2.01. The van der Waals surface area contributed by atoms with E-state index in [9.17, 15) is 4.79 Å². The number of aliphatic hydroxyl groups is 1. The molecule has 0 unspecified atom stereocenters. The van der Waals surface area contributed by atoms with Crippen LogP contribution in [-0.4, -0.2) is 24.3 Å². The summed E-state index contributed by atoms with van der Waals surface area (Å²) in [4.78, 5) is 10.6. The standard InChI is InChI=1S/C7H12O3/c1-2-10-7(9)5-3-4-6-8/h3-4,8H,2,5-6H2,1H3. The molecule has 0 spiro atoms. The van der Waals surface area contributed by atoms with E-state index in [4.69, 9.17) is 5.11 Å². The fraction of sp³-hybridized carbons (Fsp3) is 0.571. The largest absolute Gasteiger partial charge is 0.466 e. The molecular formula is C7H12O3. The van der Waals surface area contributed by atoms with Crippen LogP contribution in [0.3, 0.4) is 0 Å². The zero-order valence-corrected chi connectivity index (χ0v) is 6.04. The lowest BCUT2D eigenvalue weighted by molar-refractivity contribution is -0.142. The van der Waals surface area contributed by atoms with E-state index in [2.05, 4.69) is 4.74 Å². The topological polar surface area (TPSA) is 46.5 Å². The Morgan fingerprint density at radius 2 is 2.30 bits per heavy atom. The molecule has 0 fully saturated rings. The minimum atomic E-state index is -0.257. The molecule has 1 N–H and O–H groups in total. The molecule has 0 heterocycles. The molecule has 0 rings (SSSR count). The van der Waals surface area contributed by atoms with Gasteiger partial charge in [-0.1, -0.05) is 12.2 Å². The molecule has 0 saturated carbocycles. The summed E-state index contributed by atoms with van der Waals surface area (Å²) >= 11 is 0. The number of rotatable bonds is 4. The molecule has 0 bridgehead atoms. The summed E-state index contributed by atoms with van der Waals surface area (Å²) in [5.74, 6) is -0.257. The molecular weight excluding hydrogens is 132 g/mol. The number of hydrogen-bond donors (Lipinski definition) is 1. The Morgan fingerprint density at radius 3 is 2.80 bits per heavy atom. The van der Waals surface area contributed by atoms with Crippen molar-refractivity contribution in [3.63, 3.8) is 0 Å². The zero-order valence-electron chi connectivity index (χ0n) is 6.04. The van der Waals surface area contributed by atoms with Gasteiger partial charge in [0.2, 0.25) is 0 Å². The van der Waals surface area contributed by atoms with Gasteiger partial charge in [-0.25, -0.2) is 0 Å². The highest BCUT2D eigenvalue weighted by molar-refractivity contribution is 5.71. The summed E-state index contributed by atoms with van der Waals surface area (Å²) in [5.41, 5.74) is 0. The Labute approximate surface area is 60.3 Å². The second-order valence-corrected chi connectivity index (χ2v) is 1.66. The van der Waals surface area contributed by atoms with Gasteiger partial charge in [0.1, 0.15) is 0 Å². The summed E-state index contributed by atoms with van der Waals surface area (Å²) in [6.45, 7) is 2.14. The maximum atomic E-state index is 10.6. The molecule has 0 aliphatic heterocycles. The van der Waals surface area contributed by atoms with Crippen molar-refractivity contribution < 1.29 is 14.6 Å². The predicted molar refractivity (Wildman–Crippen MR) is 37.5 cm³/mol. The number of aliphatic hydroxyl groups excluding tert-OH is 1. The Bertz CT molecular complexity index is 118. The van der Waals surface area contributed by atoms with Crippen molar-refractivity contribution in [3.8, 4) is 0 Å². The molecule has 3 heteroatoms. The molecule has 10 heavy (non-hydrogen) atoms. The van der Waals surface area contributed by atoms with Gasteiger partial charge in [-0.15, -0.1) is 0 Å². The predicted octanol–water partition coefficient (Wildman–Crippen LogP) is 0.488. The number of hydrogen-bond acceptors (Lipinski definition) is 3. The second kappa shape index (κ2) is 6.29. The second-order valence-electron chi connectivity index (χ2n) is 1.66. The molecule has 0 radical (unpaired) electrons. The first kappa shape index (κ1) is 9.17. The monoisotopic (exact) mass is 144 g/mol. The van der Waals surface area contributed by atoms with Gasteiger partial charge in [-0.2, -0.15) is 0 Å². The number of carbonyl (C=O) groups excluding carboxylic acids is 1. The highest BCUT2D eigenvalue weighted by atomic mass is 16.5. The quantitative estimate of drug-likeness (QED) is 0.461. The van der Waals surface area contributed by atoms with E-state index < -0.39 is 0 Å². The fourth-order valence-corrected chi connectivity index (χ4v) is 0.474.